The normalized spacial score (nSPS) is 20.1. The lowest BCUT2D eigenvalue weighted by atomic mass is 10.1. The van der Waals surface area contributed by atoms with Crippen LogP contribution in [0.15, 0.2) is 24.3 Å². The second-order valence-electron chi connectivity index (χ2n) is 4.07. The molecule has 1 aromatic rings. The average Bonchev–Trinajstić information content (AvgIpc) is 2.33. The molecule has 0 saturated carbocycles. The fourth-order valence-electron chi connectivity index (χ4n) is 1.89. The van der Waals surface area contributed by atoms with Gasteiger partial charge in [-0.1, -0.05) is 12.1 Å². The van der Waals surface area contributed by atoms with Crippen LogP contribution in [-0.2, 0) is 6.42 Å². The minimum absolute atomic E-state index is 0.288. The monoisotopic (exact) mass is 216 g/mol. The van der Waals surface area contributed by atoms with Crippen molar-refractivity contribution in [3.63, 3.8) is 0 Å². The van der Waals surface area contributed by atoms with Crippen molar-refractivity contribution in [1.29, 1.82) is 5.26 Å². The minimum atomic E-state index is 0.288. The van der Waals surface area contributed by atoms with E-state index in [1.807, 2.05) is 24.3 Å². The third kappa shape index (κ3) is 2.98. The van der Waals surface area contributed by atoms with Crippen LogP contribution in [0.5, 0.6) is 5.75 Å². The summed E-state index contributed by atoms with van der Waals surface area (Å²) in [6.45, 7) is 2.03. The molecule has 1 fully saturated rings. The summed E-state index contributed by atoms with van der Waals surface area (Å²) in [5.41, 5.74) is 1.04. The molecule has 1 aliphatic rings. The van der Waals surface area contributed by atoms with Gasteiger partial charge < -0.3 is 10.1 Å². The van der Waals surface area contributed by atoms with Crippen molar-refractivity contribution in [1.82, 2.24) is 5.32 Å². The number of hydrogen-bond donors (Lipinski definition) is 1. The standard InChI is InChI=1S/C13H16N2O/c14-8-7-11-3-5-12(6-4-11)16-13-2-1-9-15-10-13/h3-6,13,15H,1-2,7,9-10H2. The molecule has 0 aliphatic carbocycles. The molecular formula is C13H16N2O. The smallest absolute Gasteiger partial charge is 0.119 e. The fourth-order valence-corrected chi connectivity index (χ4v) is 1.89. The predicted octanol–water partition coefficient (Wildman–Crippen LogP) is 1.88. The van der Waals surface area contributed by atoms with Gasteiger partial charge in [-0.3, -0.25) is 0 Å². The Morgan fingerprint density at radius 1 is 1.38 bits per heavy atom. The summed E-state index contributed by atoms with van der Waals surface area (Å²) in [4.78, 5) is 0. The van der Waals surface area contributed by atoms with E-state index in [0.717, 1.165) is 30.8 Å². The highest BCUT2D eigenvalue weighted by Gasteiger charge is 2.13. The van der Waals surface area contributed by atoms with E-state index in [9.17, 15) is 0 Å². The maximum absolute atomic E-state index is 8.56. The van der Waals surface area contributed by atoms with E-state index in [1.54, 1.807) is 0 Å². The van der Waals surface area contributed by atoms with E-state index < -0.39 is 0 Å². The zero-order chi connectivity index (χ0) is 11.2. The third-order valence-electron chi connectivity index (χ3n) is 2.76. The lowest BCUT2D eigenvalue weighted by Crippen LogP contribution is -2.37. The van der Waals surface area contributed by atoms with E-state index in [1.165, 1.54) is 6.42 Å². The van der Waals surface area contributed by atoms with Gasteiger partial charge in [-0.15, -0.1) is 0 Å². The van der Waals surface area contributed by atoms with Gasteiger partial charge in [-0.05, 0) is 37.1 Å². The number of ether oxygens (including phenoxy) is 1. The first kappa shape index (κ1) is 11.0. The Bertz CT molecular complexity index is 361. The van der Waals surface area contributed by atoms with Gasteiger partial charge in [0.25, 0.3) is 0 Å². The minimum Gasteiger partial charge on any atom is -0.489 e. The molecule has 84 valence electrons. The molecule has 0 amide bonds. The third-order valence-corrected chi connectivity index (χ3v) is 2.76. The first-order valence-electron chi connectivity index (χ1n) is 5.72. The Balaban J connectivity index is 1.91. The molecule has 1 heterocycles. The van der Waals surface area contributed by atoms with Crippen molar-refractivity contribution >= 4 is 0 Å². The second kappa shape index (κ2) is 5.53. The van der Waals surface area contributed by atoms with Gasteiger partial charge in [0.1, 0.15) is 11.9 Å². The fraction of sp³-hybridized carbons (Fsp3) is 0.462. The largest absolute Gasteiger partial charge is 0.489 e. The van der Waals surface area contributed by atoms with Crippen LogP contribution in [-0.4, -0.2) is 19.2 Å². The van der Waals surface area contributed by atoms with E-state index in [0.29, 0.717) is 6.42 Å². The highest BCUT2D eigenvalue weighted by Crippen LogP contribution is 2.16. The Hall–Kier alpha value is -1.53. The van der Waals surface area contributed by atoms with Crippen molar-refractivity contribution in [2.75, 3.05) is 13.1 Å². The molecule has 0 spiro atoms. The van der Waals surface area contributed by atoms with E-state index in [2.05, 4.69) is 11.4 Å². The summed E-state index contributed by atoms with van der Waals surface area (Å²) >= 11 is 0. The zero-order valence-electron chi connectivity index (χ0n) is 9.28. The molecule has 2 rings (SSSR count). The van der Waals surface area contributed by atoms with Gasteiger partial charge in [0, 0.05) is 6.54 Å². The topological polar surface area (TPSA) is 45.0 Å². The summed E-state index contributed by atoms with van der Waals surface area (Å²) in [7, 11) is 0. The molecule has 1 unspecified atom stereocenters. The van der Waals surface area contributed by atoms with Gasteiger partial charge in [0.05, 0.1) is 12.5 Å². The van der Waals surface area contributed by atoms with Crippen molar-refractivity contribution in [2.45, 2.75) is 25.4 Å². The number of rotatable bonds is 3. The van der Waals surface area contributed by atoms with Gasteiger partial charge in [0.15, 0.2) is 0 Å². The molecule has 0 bridgehead atoms. The molecule has 1 saturated heterocycles. The molecule has 0 aromatic heterocycles. The molecule has 1 N–H and O–H groups in total. The maximum Gasteiger partial charge on any atom is 0.119 e. The van der Waals surface area contributed by atoms with E-state index in [-0.39, 0.29) is 6.10 Å². The van der Waals surface area contributed by atoms with Crippen molar-refractivity contribution < 1.29 is 4.74 Å². The first-order valence-corrected chi connectivity index (χ1v) is 5.72. The summed E-state index contributed by atoms with van der Waals surface area (Å²) in [6.07, 6.45) is 3.05. The highest BCUT2D eigenvalue weighted by atomic mass is 16.5. The van der Waals surface area contributed by atoms with E-state index >= 15 is 0 Å². The van der Waals surface area contributed by atoms with Crippen molar-refractivity contribution in [2.24, 2.45) is 0 Å². The van der Waals surface area contributed by atoms with Gasteiger partial charge in [-0.25, -0.2) is 0 Å². The average molecular weight is 216 g/mol. The molecule has 0 radical (unpaired) electrons. The molecule has 1 aromatic carbocycles. The van der Waals surface area contributed by atoms with Crippen LogP contribution < -0.4 is 10.1 Å². The van der Waals surface area contributed by atoms with Gasteiger partial charge >= 0.3 is 0 Å². The van der Waals surface area contributed by atoms with Crippen LogP contribution >= 0.6 is 0 Å². The van der Waals surface area contributed by atoms with Crippen LogP contribution in [0.4, 0.5) is 0 Å². The number of piperidine rings is 1. The number of hydrogen-bond acceptors (Lipinski definition) is 3. The Morgan fingerprint density at radius 2 is 2.19 bits per heavy atom. The summed E-state index contributed by atoms with van der Waals surface area (Å²) in [5.74, 6) is 0.899. The second-order valence-corrected chi connectivity index (χ2v) is 4.07. The zero-order valence-corrected chi connectivity index (χ0v) is 9.28. The SMILES string of the molecule is N#CCc1ccc(OC2CCCNC2)cc1. The molecule has 1 atom stereocenters. The summed E-state index contributed by atoms with van der Waals surface area (Å²) in [6, 6.07) is 9.93. The van der Waals surface area contributed by atoms with Crippen molar-refractivity contribution in [3.05, 3.63) is 29.8 Å². The predicted molar refractivity (Wildman–Crippen MR) is 62.3 cm³/mol. The highest BCUT2D eigenvalue weighted by molar-refractivity contribution is 5.28. The van der Waals surface area contributed by atoms with Crippen LogP contribution in [0.2, 0.25) is 0 Å². The molecule has 3 nitrogen and oxygen atoms in total. The lowest BCUT2D eigenvalue weighted by Gasteiger charge is -2.23. The Morgan fingerprint density at radius 3 is 2.81 bits per heavy atom. The number of nitrogens with zero attached hydrogens (tertiary/aromatic N) is 1. The quantitative estimate of drug-likeness (QED) is 0.839. The maximum atomic E-state index is 8.56. The Labute approximate surface area is 96.0 Å². The van der Waals surface area contributed by atoms with Crippen LogP contribution in [0.1, 0.15) is 18.4 Å². The van der Waals surface area contributed by atoms with Gasteiger partial charge in [0.2, 0.25) is 0 Å². The van der Waals surface area contributed by atoms with Crippen LogP contribution in [0.25, 0.3) is 0 Å². The molecule has 16 heavy (non-hydrogen) atoms. The summed E-state index contributed by atoms with van der Waals surface area (Å²) < 4.78 is 5.84. The van der Waals surface area contributed by atoms with Crippen LogP contribution in [0.3, 0.4) is 0 Å². The number of nitriles is 1. The summed E-state index contributed by atoms with van der Waals surface area (Å²) in [5, 5.41) is 11.9. The molecular weight excluding hydrogens is 200 g/mol. The number of benzene rings is 1. The number of nitrogens with one attached hydrogen (secondary N) is 1. The van der Waals surface area contributed by atoms with Gasteiger partial charge in [-0.2, -0.15) is 5.26 Å². The van der Waals surface area contributed by atoms with Crippen molar-refractivity contribution in [3.8, 4) is 11.8 Å². The lowest BCUT2D eigenvalue weighted by molar-refractivity contribution is 0.167. The molecule has 1 aliphatic heterocycles. The Kier molecular flexibility index (Phi) is 3.79. The molecule has 3 heteroatoms. The first-order chi connectivity index (χ1) is 7.88. The van der Waals surface area contributed by atoms with E-state index in [4.69, 9.17) is 10.00 Å². The van der Waals surface area contributed by atoms with Crippen LogP contribution in [0, 0.1) is 11.3 Å².